The monoisotopic (exact) mass is 345 g/mol. The summed E-state index contributed by atoms with van der Waals surface area (Å²) in [5, 5.41) is 16.8. The van der Waals surface area contributed by atoms with Crippen LogP contribution in [0.15, 0.2) is 41.4 Å². The Morgan fingerprint density at radius 1 is 1.26 bits per heavy atom. The Balaban J connectivity index is 1.94. The van der Waals surface area contributed by atoms with Crippen molar-refractivity contribution in [1.29, 1.82) is 0 Å². The Morgan fingerprint density at radius 2 is 1.91 bits per heavy atom. The maximum Gasteiger partial charge on any atom is 0.257 e. The number of anilines is 1. The second-order valence-corrected chi connectivity index (χ2v) is 7.07. The van der Waals surface area contributed by atoms with Crippen molar-refractivity contribution in [3.05, 3.63) is 42.1 Å². The first-order chi connectivity index (χ1) is 10.8. The van der Waals surface area contributed by atoms with Gasteiger partial charge in [-0.3, -0.25) is 4.68 Å². The molecule has 0 amide bonds. The summed E-state index contributed by atoms with van der Waals surface area (Å²) in [6, 6.07) is 7.43. The van der Waals surface area contributed by atoms with Gasteiger partial charge < -0.3 is 10.4 Å². The van der Waals surface area contributed by atoms with Crippen LogP contribution in [0.4, 0.5) is 14.6 Å². The number of aromatic nitrogens is 2. The van der Waals surface area contributed by atoms with Gasteiger partial charge in [0.15, 0.2) is 9.84 Å². The van der Waals surface area contributed by atoms with E-state index in [0.717, 1.165) is 10.9 Å². The summed E-state index contributed by atoms with van der Waals surface area (Å²) in [5.41, 5.74) is 0.539. The fourth-order valence-corrected chi connectivity index (χ4v) is 2.59. The fourth-order valence-electron chi connectivity index (χ4n) is 1.96. The van der Waals surface area contributed by atoms with Crippen LogP contribution in [0.1, 0.15) is 11.7 Å². The van der Waals surface area contributed by atoms with Crippen molar-refractivity contribution in [2.24, 2.45) is 0 Å². The van der Waals surface area contributed by atoms with Crippen molar-refractivity contribution >= 4 is 15.7 Å². The van der Waals surface area contributed by atoms with Gasteiger partial charge in [0.1, 0.15) is 12.4 Å². The minimum atomic E-state index is -3.28. The van der Waals surface area contributed by atoms with E-state index in [1.54, 1.807) is 0 Å². The number of aliphatic hydroxyl groups is 1. The number of alkyl halides is 2. The Hall–Kier alpha value is -2.00. The largest absolute Gasteiger partial charge is 0.387 e. The normalized spacial score (nSPS) is 13.3. The van der Waals surface area contributed by atoms with E-state index in [2.05, 4.69) is 10.4 Å². The highest BCUT2D eigenvalue weighted by Crippen LogP contribution is 2.17. The highest BCUT2D eigenvalue weighted by molar-refractivity contribution is 7.90. The molecule has 0 bridgehead atoms. The third kappa shape index (κ3) is 5.00. The van der Waals surface area contributed by atoms with Gasteiger partial charge in [-0.15, -0.1) is 0 Å². The van der Waals surface area contributed by atoms with Crippen LogP contribution in [0.2, 0.25) is 0 Å². The van der Waals surface area contributed by atoms with Crippen LogP contribution < -0.4 is 5.32 Å². The molecule has 126 valence electrons. The molecule has 6 nitrogen and oxygen atoms in total. The molecule has 2 N–H and O–H groups in total. The fraction of sp³-hybridized carbons (Fsp3) is 0.357. The number of benzene rings is 1. The summed E-state index contributed by atoms with van der Waals surface area (Å²) in [6.45, 7) is -0.374. The van der Waals surface area contributed by atoms with Gasteiger partial charge >= 0.3 is 0 Å². The van der Waals surface area contributed by atoms with E-state index in [1.165, 1.54) is 36.5 Å². The molecule has 1 atom stereocenters. The number of hydrogen-bond donors (Lipinski definition) is 2. The van der Waals surface area contributed by atoms with Gasteiger partial charge in [0.2, 0.25) is 0 Å². The van der Waals surface area contributed by atoms with Gasteiger partial charge in [-0.2, -0.15) is 5.10 Å². The lowest BCUT2D eigenvalue weighted by Gasteiger charge is -2.12. The zero-order valence-corrected chi connectivity index (χ0v) is 13.2. The predicted molar refractivity (Wildman–Crippen MR) is 81.2 cm³/mol. The van der Waals surface area contributed by atoms with E-state index in [4.69, 9.17) is 0 Å². The van der Waals surface area contributed by atoms with Crippen LogP contribution in [-0.2, 0) is 16.4 Å². The summed E-state index contributed by atoms with van der Waals surface area (Å²) in [7, 11) is -3.28. The zero-order valence-electron chi connectivity index (χ0n) is 12.4. The summed E-state index contributed by atoms with van der Waals surface area (Å²) in [6.07, 6.45) is -0.845. The minimum absolute atomic E-state index is 0.115. The number of rotatable bonds is 7. The van der Waals surface area contributed by atoms with Crippen molar-refractivity contribution in [2.45, 2.75) is 24.0 Å². The van der Waals surface area contributed by atoms with Gasteiger partial charge in [0.05, 0.1) is 11.0 Å². The molecule has 1 heterocycles. The summed E-state index contributed by atoms with van der Waals surface area (Å²) < 4.78 is 48.3. The van der Waals surface area contributed by atoms with Crippen LogP contribution >= 0.6 is 0 Å². The van der Waals surface area contributed by atoms with Crippen LogP contribution in [0.3, 0.4) is 0 Å². The van der Waals surface area contributed by atoms with E-state index >= 15 is 0 Å². The van der Waals surface area contributed by atoms with Gasteiger partial charge in [-0.05, 0) is 17.7 Å². The number of halogens is 2. The Kier molecular flexibility index (Phi) is 5.32. The number of nitrogens with one attached hydrogen (secondary N) is 1. The molecule has 2 rings (SSSR count). The zero-order chi connectivity index (χ0) is 17.0. The summed E-state index contributed by atoms with van der Waals surface area (Å²) in [5.74, 6) is 0.373. The molecule has 1 unspecified atom stereocenters. The molecule has 9 heteroatoms. The van der Waals surface area contributed by atoms with E-state index in [0.29, 0.717) is 11.4 Å². The van der Waals surface area contributed by atoms with E-state index in [9.17, 15) is 22.3 Å². The topological polar surface area (TPSA) is 84.2 Å². The summed E-state index contributed by atoms with van der Waals surface area (Å²) >= 11 is 0. The second kappa shape index (κ2) is 7.05. The molecule has 0 radical (unpaired) electrons. The lowest BCUT2D eigenvalue weighted by Crippen LogP contribution is -2.13. The molecule has 23 heavy (non-hydrogen) atoms. The third-order valence-corrected chi connectivity index (χ3v) is 4.26. The van der Waals surface area contributed by atoms with Crippen LogP contribution in [-0.4, -0.2) is 42.5 Å². The van der Waals surface area contributed by atoms with Crippen LogP contribution in [0, 0.1) is 0 Å². The number of sulfone groups is 1. The molecule has 2 aromatic rings. The van der Waals surface area contributed by atoms with Gasteiger partial charge in [-0.25, -0.2) is 17.2 Å². The molecule has 0 saturated carbocycles. The quantitative estimate of drug-likeness (QED) is 0.798. The molecule has 0 fully saturated rings. The van der Waals surface area contributed by atoms with E-state index in [1.807, 2.05) is 0 Å². The van der Waals surface area contributed by atoms with E-state index in [-0.39, 0.29) is 11.4 Å². The molecule has 0 aliphatic carbocycles. The molecular weight excluding hydrogens is 328 g/mol. The minimum Gasteiger partial charge on any atom is -0.387 e. The molecular formula is C14H17F2N3O3S. The predicted octanol–water partition coefficient (Wildman–Crippen LogP) is 1.70. The van der Waals surface area contributed by atoms with E-state index < -0.39 is 28.9 Å². The van der Waals surface area contributed by atoms with Gasteiger partial charge in [0.25, 0.3) is 6.43 Å². The summed E-state index contributed by atoms with van der Waals surface area (Å²) in [4.78, 5) is 0.173. The maximum absolute atomic E-state index is 12.2. The molecule has 0 spiro atoms. The van der Waals surface area contributed by atoms with Crippen molar-refractivity contribution in [1.82, 2.24) is 9.78 Å². The van der Waals surface area contributed by atoms with Crippen molar-refractivity contribution in [2.75, 3.05) is 18.1 Å². The lowest BCUT2D eigenvalue weighted by atomic mass is 10.1. The smallest absolute Gasteiger partial charge is 0.257 e. The van der Waals surface area contributed by atoms with Crippen LogP contribution in [0.25, 0.3) is 0 Å². The molecule has 1 aromatic carbocycles. The molecule has 1 aromatic heterocycles. The average Bonchev–Trinajstić information content (AvgIpc) is 2.90. The maximum atomic E-state index is 12.2. The highest BCUT2D eigenvalue weighted by Gasteiger charge is 2.12. The van der Waals surface area contributed by atoms with Crippen molar-refractivity contribution in [3.63, 3.8) is 0 Å². The highest BCUT2D eigenvalue weighted by atomic mass is 32.2. The average molecular weight is 345 g/mol. The number of aliphatic hydroxyl groups excluding tert-OH is 1. The number of nitrogens with zero attached hydrogens (tertiary/aromatic N) is 2. The molecule has 0 aliphatic heterocycles. The molecule has 0 aliphatic rings. The lowest BCUT2D eigenvalue weighted by molar-refractivity contribution is 0.122. The Morgan fingerprint density at radius 3 is 2.48 bits per heavy atom. The standard InChI is InChI=1S/C14H17F2N3O3S/c1-23(21,22)11-4-2-10(3-5-11)12(20)8-17-14-6-7-19(18-14)9-13(15)16/h2-7,12-13,20H,8-9H2,1H3,(H,17,18). The Labute approximate surface area is 132 Å². The third-order valence-electron chi connectivity index (χ3n) is 3.14. The van der Waals surface area contributed by atoms with Crippen molar-refractivity contribution in [3.8, 4) is 0 Å². The number of hydrogen-bond acceptors (Lipinski definition) is 5. The Bertz CT molecular complexity index is 745. The first kappa shape index (κ1) is 17.4. The molecule has 0 saturated heterocycles. The second-order valence-electron chi connectivity index (χ2n) is 5.05. The first-order valence-corrected chi connectivity index (χ1v) is 8.68. The first-order valence-electron chi connectivity index (χ1n) is 6.79. The van der Waals surface area contributed by atoms with Gasteiger partial charge in [0, 0.05) is 25.1 Å². The van der Waals surface area contributed by atoms with Crippen molar-refractivity contribution < 1.29 is 22.3 Å². The van der Waals surface area contributed by atoms with Gasteiger partial charge in [-0.1, -0.05) is 12.1 Å². The SMILES string of the molecule is CS(=O)(=O)c1ccc(C(O)CNc2ccn(CC(F)F)n2)cc1. The van der Waals surface area contributed by atoms with Crippen LogP contribution in [0.5, 0.6) is 0 Å².